The van der Waals surface area contributed by atoms with E-state index in [1.54, 1.807) is 30.3 Å². The van der Waals surface area contributed by atoms with Gasteiger partial charge in [0.2, 0.25) is 0 Å². The van der Waals surface area contributed by atoms with Gasteiger partial charge in [0.15, 0.2) is 5.76 Å². The van der Waals surface area contributed by atoms with E-state index in [0.29, 0.717) is 24.4 Å². The van der Waals surface area contributed by atoms with E-state index in [4.69, 9.17) is 4.42 Å². The van der Waals surface area contributed by atoms with Crippen molar-refractivity contribution in [2.75, 3.05) is 26.2 Å². The molecule has 4 nitrogen and oxygen atoms in total. The molecule has 0 aliphatic carbocycles. The van der Waals surface area contributed by atoms with Crippen LogP contribution in [0, 0.1) is 5.82 Å². The van der Waals surface area contributed by atoms with Crippen molar-refractivity contribution in [2.45, 2.75) is 6.54 Å². The highest BCUT2D eigenvalue weighted by Crippen LogP contribution is 2.25. The average molecular weight is 365 g/mol. The van der Waals surface area contributed by atoms with Gasteiger partial charge in [-0.15, -0.1) is 0 Å². The first kappa shape index (κ1) is 17.5. The summed E-state index contributed by atoms with van der Waals surface area (Å²) in [4.78, 5) is 16.0. The number of piperazine rings is 1. The van der Waals surface area contributed by atoms with Crippen LogP contribution in [0.15, 0.2) is 71.1 Å². The number of quaternary nitrogens is 1. The average Bonchev–Trinajstić information content (AvgIpc) is 3.19. The van der Waals surface area contributed by atoms with Crippen LogP contribution in [0.4, 0.5) is 4.39 Å². The van der Waals surface area contributed by atoms with Gasteiger partial charge in [0.05, 0.1) is 31.7 Å². The highest BCUT2D eigenvalue weighted by molar-refractivity contribution is 5.92. The molecule has 0 spiro atoms. The molecule has 5 heteroatoms. The van der Waals surface area contributed by atoms with Crippen LogP contribution in [0.2, 0.25) is 0 Å². The molecule has 1 aliphatic rings. The summed E-state index contributed by atoms with van der Waals surface area (Å²) in [5, 5.41) is 0. The Morgan fingerprint density at radius 3 is 2.41 bits per heavy atom. The molecule has 138 valence electrons. The lowest BCUT2D eigenvalue weighted by Gasteiger charge is -2.31. The third-order valence-electron chi connectivity index (χ3n) is 5.01. The monoisotopic (exact) mass is 365 g/mol. The molecule has 0 saturated carbocycles. The summed E-state index contributed by atoms with van der Waals surface area (Å²) in [5.41, 5.74) is 1.68. The van der Waals surface area contributed by atoms with E-state index in [2.05, 4.69) is 24.3 Å². The molecule has 0 unspecified atom stereocenters. The van der Waals surface area contributed by atoms with Crippen LogP contribution in [0.3, 0.4) is 0 Å². The van der Waals surface area contributed by atoms with E-state index in [-0.39, 0.29) is 17.5 Å². The maximum absolute atomic E-state index is 13.9. The number of halogens is 1. The lowest BCUT2D eigenvalue weighted by Crippen LogP contribution is -3.13. The van der Waals surface area contributed by atoms with Crippen LogP contribution in [-0.4, -0.2) is 37.0 Å². The maximum Gasteiger partial charge on any atom is 0.289 e. The van der Waals surface area contributed by atoms with E-state index in [9.17, 15) is 9.18 Å². The lowest BCUT2D eigenvalue weighted by atomic mass is 10.1. The molecule has 0 atom stereocenters. The molecule has 1 fully saturated rings. The van der Waals surface area contributed by atoms with Crippen LogP contribution in [0.25, 0.3) is 11.3 Å². The van der Waals surface area contributed by atoms with Crippen LogP contribution in [0.1, 0.15) is 16.1 Å². The first-order valence-corrected chi connectivity index (χ1v) is 9.22. The van der Waals surface area contributed by atoms with E-state index in [1.807, 2.05) is 11.0 Å². The number of furan rings is 1. The molecule has 1 amide bonds. The molecule has 0 bridgehead atoms. The molecule has 1 aliphatic heterocycles. The molecular weight excluding hydrogens is 343 g/mol. The summed E-state index contributed by atoms with van der Waals surface area (Å²) in [6, 6.07) is 20.1. The SMILES string of the molecule is O=C(c1ccc(-c2ccccc2F)o1)N1CC[NH+](Cc2ccccc2)CC1. The Bertz CT molecular complexity index is 915. The van der Waals surface area contributed by atoms with Crippen molar-refractivity contribution in [3.8, 4) is 11.3 Å². The van der Waals surface area contributed by atoms with Gasteiger partial charge >= 0.3 is 0 Å². The molecule has 4 rings (SSSR count). The molecule has 1 aromatic heterocycles. The Kier molecular flexibility index (Phi) is 5.03. The minimum absolute atomic E-state index is 0.128. The van der Waals surface area contributed by atoms with Crippen LogP contribution in [-0.2, 0) is 6.54 Å². The summed E-state index contributed by atoms with van der Waals surface area (Å²) in [6.07, 6.45) is 0. The second-order valence-electron chi connectivity index (χ2n) is 6.85. The minimum Gasteiger partial charge on any atom is -0.451 e. The minimum atomic E-state index is -0.357. The Morgan fingerprint density at radius 2 is 1.67 bits per heavy atom. The fourth-order valence-electron chi connectivity index (χ4n) is 3.50. The van der Waals surface area contributed by atoms with Gasteiger partial charge in [0.1, 0.15) is 18.1 Å². The Hall–Kier alpha value is -2.92. The topological polar surface area (TPSA) is 37.9 Å². The van der Waals surface area contributed by atoms with E-state index < -0.39 is 0 Å². The van der Waals surface area contributed by atoms with E-state index in [0.717, 1.165) is 19.6 Å². The number of carbonyl (C=O) groups excluding carboxylic acids is 1. The second kappa shape index (κ2) is 7.76. The third kappa shape index (κ3) is 3.93. The van der Waals surface area contributed by atoms with Crippen LogP contribution in [0.5, 0.6) is 0 Å². The van der Waals surface area contributed by atoms with Crippen molar-refractivity contribution in [2.24, 2.45) is 0 Å². The number of carbonyl (C=O) groups is 1. The summed E-state index contributed by atoms with van der Waals surface area (Å²) in [7, 11) is 0. The van der Waals surface area contributed by atoms with Gasteiger partial charge in [-0.2, -0.15) is 0 Å². The summed E-state index contributed by atoms with van der Waals surface area (Å²) in [5.74, 6) is 0.157. The largest absolute Gasteiger partial charge is 0.451 e. The third-order valence-corrected chi connectivity index (χ3v) is 5.01. The van der Waals surface area contributed by atoms with Gasteiger partial charge in [-0.25, -0.2) is 4.39 Å². The van der Waals surface area contributed by atoms with Crippen molar-refractivity contribution in [3.63, 3.8) is 0 Å². The normalized spacial score (nSPS) is 15.1. The molecule has 2 aromatic carbocycles. The van der Waals surface area contributed by atoms with Crippen molar-refractivity contribution < 1.29 is 18.5 Å². The molecule has 3 aromatic rings. The quantitative estimate of drug-likeness (QED) is 0.772. The van der Waals surface area contributed by atoms with Crippen molar-refractivity contribution >= 4 is 5.91 Å². The van der Waals surface area contributed by atoms with Gasteiger partial charge in [-0.05, 0) is 24.3 Å². The number of benzene rings is 2. The summed E-state index contributed by atoms with van der Waals surface area (Å²) < 4.78 is 19.6. The van der Waals surface area contributed by atoms with E-state index in [1.165, 1.54) is 16.5 Å². The summed E-state index contributed by atoms with van der Waals surface area (Å²) in [6.45, 7) is 4.16. The molecule has 2 heterocycles. The van der Waals surface area contributed by atoms with Crippen LogP contribution >= 0.6 is 0 Å². The number of hydrogen-bond acceptors (Lipinski definition) is 2. The zero-order valence-corrected chi connectivity index (χ0v) is 15.0. The molecule has 27 heavy (non-hydrogen) atoms. The Balaban J connectivity index is 1.38. The predicted molar refractivity (Wildman–Crippen MR) is 101 cm³/mol. The van der Waals surface area contributed by atoms with Gasteiger partial charge in [-0.3, -0.25) is 4.79 Å². The lowest BCUT2D eigenvalue weighted by molar-refractivity contribution is -0.917. The Morgan fingerprint density at radius 1 is 0.963 bits per heavy atom. The molecule has 0 radical (unpaired) electrons. The van der Waals surface area contributed by atoms with Crippen LogP contribution < -0.4 is 4.90 Å². The van der Waals surface area contributed by atoms with Crippen molar-refractivity contribution in [1.82, 2.24) is 4.90 Å². The zero-order chi connectivity index (χ0) is 18.6. The number of amides is 1. The standard InChI is InChI=1S/C22H21FN2O2/c23-19-9-5-4-8-18(19)20-10-11-21(27-20)22(26)25-14-12-24(13-15-25)16-17-6-2-1-3-7-17/h1-11H,12-16H2/p+1. The number of nitrogens with one attached hydrogen (secondary N) is 1. The number of nitrogens with zero attached hydrogens (tertiary/aromatic N) is 1. The van der Waals surface area contributed by atoms with E-state index >= 15 is 0 Å². The second-order valence-corrected chi connectivity index (χ2v) is 6.85. The highest BCUT2D eigenvalue weighted by Gasteiger charge is 2.26. The molecule has 1 N–H and O–H groups in total. The van der Waals surface area contributed by atoms with Gasteiger partial charge in [-0.1, -0.05) is 42.5 Å². The van der Waals surface area contributed by atoms with Gasteiger partial charge in [0, 0.05) is 5.56 Å². The predicted octanol–water partition coefficient (Wildman–Crippen LogP) is 2.63. The van der Waals surface area contributed by atoms with Gasteiger partial charge in [0.25, 0.3) is 5.91 Å². The fourth-order valence-corrected chi connectivity index (χ4v) is 3.50. The Labute approximate surface area is 157 Å². The number of hydrogen-bond donors (Lipinski definition) is 1. The van der Waals surface area contributed by atoms with Gasteiger partial charge < -0.3 is 14.2 Å². The number of rotatable bonds is 4. The van der Waals surface area contributed by atoms with Crippen molar-refractivity contribution in [3.05, 3.63) is 83.9 Å². The zero-order valence-electron chi connectivity index (χ0n) is 15.0. The fraction of sp³-hybridized carbons (Fsp3) is 0.227. The highest BCUT2D eigenvalue weighted by atomic mass is 19.1. The molecule has 1 saturated heterocycles. The first-order valence-electron chi connectivity index (χ1n) is 9.22. The summed E-state index contributed by atoms with van der Waals surface area (Å²) >= 11 is 0. The molecular formula is C22H22FN2O2+. The first-order chi connectivity index (χ1) is 13.2. The maximum atomic E-state index is 13.9. The smallest absolute Gasteiger partial charge is 0.289 e. The van der Waals surface area contributed by atoms with Crippen molar-refractivity contribution in [1.29, 1.82) is 0 Å².